The molecule has 32 heavy (non-hydrogen) atoms. The van der Waals surface area contributed by atoms with Crippen LogP contribution < -0.4 is 15.4 Å². The molecule has 1 aliphatic heterocycles. The molecule has 3 heterocycles. The molecule has 3 atom stereocenters. The van der Waals surface area contributed by atoms with Crippen molar-refractivity contribution in [3.05, 3.63) is 35.9 Å². The number of carbonyl (C=O) groups excluding carboxylic acids is 1. The fourth-order valence-corrected chi connectivity index (χ4v) is 4.03. The minimum absolute atomic E-state index is 0.0553. The lowest BCUT2D eigenvalue weighted by atomic mass is 9.99. The lowest BCUT2D eigenvalue weighted by Crippen LogP contribution is -2.37. The maximum absolute atomic E-state index is 12.6. The second-order valence-electron chi connectivity index (χ2n) is 8.97. The van der Waals surface area contributed by atoms with Crippen molar-refractivity contribution in [1.82, 2.24) is 15.0 Å². The maximum atomic E-state index is 12.6. The van der Waals surface area contributed by atoms with Crippen molar-refractivity contribution >= 4 is 17.6 Å². The summed E-state index contributed by atoms with van der Waals surface area (Å²) in [5.74, 6) is 2.09. The number of aryl methyl sites for hydroxylation is 1. The number of hydrogen-bond donors (Lipinski definition) is 1. The number of nitrogens with zero attached hydrogens (tertiary/aromatic N) is 5. The maximum Gasteiger partial charge on any atom is 0.250 e. The van der Waals surface area contributed by atoms with Crippen LogP contribution in [0, 0.1) is 25.7 Å². The minimum atomic E-state index is -0.221. The predicted molar refractivity (Wildman–Crippen MR) is 126 cm³/mol. The average Bonchev–Trinajstić information content (AvgIpc) is 3.10. The molecule has 3 rings (SSSR count). The van der Waals surface area contributed by atoms with Crippen molar-refractivity contribution in [1.29, 1.82) is 0 Å². The van der Waals surface area contributed by atoms with Crippen LogP contribution in [0.3, 0.4) is 0 Å². The van der Waals surface area contributed by atoms with Gasteiger partial charge in [0.25, 0.3) is 0 Å². The summed E-state index contributed by atoms with van der Waals surface area (Å²) >= 11 is 0. The van der Waals surface area contributed by atoms with Gasteiger partial charge in [0, 0.05) is 30.1 Å². The van der Waals surface area contributed by atoms with E-state index in [1.165, 1.54) is 6.33 Å². The summed E-state index contributed by atoms with van der Waals surface area (Å²) in [6, 6.07) is 4.20. The molecule has 0 aliphatic carbocycles. The van der Waals surface area contributed by atoms with Gasteiger partial charge in [-0.1, -0.05) is 20.8 Å². The van der Waals surface area contributed by atoms with Gasteiger partial charge < -0.3 is 15.4 Å². The zero-order valence-electron chi connectivity index (χ0n) is 19.9. The number of pyridine rings is 1. The van der Waals surface area contributed by atoms with Crippen LogP contribution in [0.5, 0.6) is 11.6 Å². The van der Waals surface area contributed by atoms with Gasteiger partial charge in [-0.25, -0.2) is 15.0 Å². The van der Waals surface area contributed by atoms with Crippen molar-refractivity contribution in [2.75, 3.05) is 4.90 Å². The summed E-state index contributed by atoms with van der Waals surface area (Å²) in [7, 11) is 0. The number of carbonyl (C=O) groups is 1. The Morgan fingerprint density at radius 2 is 2.00 bits per heavy atom. The Bertz CT molecular complexity index is 990. The molecule has 3 unspecified atom stereocenters. The van der Waals surface area contributed by atoms with Crippen molar-refractivity contribution < 1.29 is 9.53 Å². The molecule has 2 N–H and O–H groups in total. The SMILES string of the molecule is Cc1ncccc1Oc1ncnc(N2C(C)CCC2CC(C)C(=O)N=C(N)C(C)C)c1C. The first kappa shape index (κ1) is 23.6. The number of rotatable bonds is 7. The standard InChI is InChI=1S/C24H34N6O2/c1-14(2)21(25)29-23(31)15(3)12-19-10-9-16(4)30(19)22-17(5)24(28-13-27-22)32-20-8-7-11-26-18(20)6/h7-8,11,13-16,19H,9-10,12H2,1-6H3,(H2,25,29,31). The van der Waals surface area contributed by atoms with E-state index in [1.54, 1.807) is 6.20 Å². The molecule has 8 heteroatoms. The van der Waals surface area contributed by atoms with Gasteiger partial charge in [-0.05, 0) is 52.2 Å². The molecular formula is C24H34N6O2. The third kappa shape index (κ3) is 5.23. The largest absolute Gasteiger partial charge is 0.437 e. The number of hydrogen-bond acceptors (Lipinski definition) is 6. The smallest absolute Gasteiger partial charge is 0.250 e. The number of amides is 1. The van der Waals surface area contributed by atoms with Crippen LogP contribution in [0.1, 0.15) is 58.2 Å². The Labute approximate surface area is 190 Å². The first-order valence-corrected chi connectivity index (χ1v) is 11.3. The Morgan fingerprint density at radius 1 is 1.25 bits per heavy atom. The van der Waals surface area contributed by atoms with Crippen LogP contribution in [0.15, 0.2) is 29.6 Å². The summed E-state index contributed by atoms with van der Waals surface area (Å²) in [5, 5.41) is 0. The van der Waals surface area contributed by atoms with E-state index in [9.17, 15) is 4.79 Å². The van der Waals surface area contributed by atoms with Crippen LogP contribution in [-0.2, 0) is 4.79 Å². The van der Waals surface area contributed by atoms with Gasteiger partial charge in [0.2, 0.25) is 11.8 Å². The molecule has 172 valence electrons. The Balaban J connectivity index is 1.82. The normalized spacial score (nSPS) is 20.0. The van der Waals surface area contributed by atoms with E-state index in [1.807, 2.05) is 46.8 Å². The van der Waals surface area contributed by atoms with E-state index in [2.05, 4.69) is 31.8 Å². The molecule has 0 bridgehead atoms. The van der Waals surface area contributed by atoms with Gasteiger partial charge in [0.1, 0.15) is 18.0 Å². The molecule has 1 saturated heterocycles. The van der Waals surface area contributed by atoms with Crippen LogP contribution in [0.2, 0.25) is 0 Å². The van der Waals surface area contributed by atoms with Crippen LogP contribution in [0.25, 0.3) is 0 Å². The van der Waals surface area contributed by atoms with E-state index >= 15 is 0 Å². The Morgan fingerprint density at radius 3 is 2.69 bits per heavy atom. The molecule has 2 aromatic heterocycles. The number of aromatic nitrogens is 3. The summed E-state index contributed by atoms with van der Waals surface area (Å²) in [6.07, 6.45) is 5.99. The zero-order chi connectivity index (χ0) is 23.4. The van der Waals surface area contributed by atoms with Gasteiger partial charge in [-0.3, -0.25) is 9.78 Å². The average molecular weight is 439 g/mol. The minimum Gasteiger partial charge on any atom is -0.437 e. The molecule has 1 aliphatic rings. The zero-order valence-corrected chi connectivity index (χ0v) is 19.9. The molecule has 8 nitrogen and oxygen atoms in total. The van der Waals surface area contributed by atoms with Crippen molar-refractivity contribution in [3.8, 4) is 11.6 Å². The van der Waals surface area contributed by atoms with E-state index < -0.39 is 0 Å². The first-order chi connectivity index (χ1) is 15.2. The molecular weight excluding hydrogens is 404 g/mol. The van der Waals surface area contributed by atoms with Crippen LogP contribution in [0.4, 0.5) is 5.82 Å². The fraction of sp³-hybridized carbons (Fsp3) is 0.542. The van der Waals surface area contributed by atoms with Crippen LogP contribution >= 0.6 is 0 Å². The van der Waals surface area contributed by atoms with Gasteiger partial charge in [0.05, 0.1) is 11.3 Å². The molecule has 1 fully saturated rings. The number of aliphatic imine (C=N–C) groups is 1. The van der Waals surface area contributed by atoms with Crippen molar-refractivity contribution in [2.45, 2.75) is 72.9 Å². The van der Waals surface area contributed by atoms with E-state index in [0.29, 0.717) is 29.9 Å². The Hall–Kier alpha value is -3.03. The quantitative estimate of drug-likeness (QED) is 0.510. The molecule has 0 aromatic carbocycles. The number of nitrogens with two attached hydrogens (primary N) is 1. The van der Waals surface area contributed by atoms with Crippen molar-refractivity contribution in [2.24, 2.45) is 22.6 Å². The van der Waals surface area contributed by atoms with Gasteiger partial charge in [-0.15, -0.1) is 0 Å². The van der Waals surface area contributed by atoms with E-state index in [-0.39, 0.29) is 23.8 Å². The topological polar surface area (TPSA) is 107 Å². The van der Waals surface area contributed by atoms with Gasteiger partial charge in [0.15, 0.2) is 5.75 Å². The third-order valence-corrected chi connectivity index (χ3v) is 6.08. The van der Waals surface area contributed by atoms with E-state index in [0.717, 1.165) is 29.9 Å². The highest BCUT2D eigenvalue weighted by Gasteiger charge is 2.35. The van der Waals surface area contributed by atoms with Crippen LogP contribution in [-0.4, -0.2) is 38.8 Å². The highest BCUT2D eigenvalue weighted by Crippen LogP contribution is 2.37. The summed E-state index contributed by atoms with van der Waals surface area (Å²) in [6.45, 7) is 11.9. The monoisotopic (exact) mass is 438 g/mol. The second kappa shape index (κ2) is 10.1. The van der Waals surface area contributed by atoms with Gasteiger partial charge in [-0.2, -0.15) is 0 Å². The molecule has 0 saturated carbocycles. The molecule has 0 radical (unpaired) electrons. The second-order valence-corrected chi connectivity index (χ2v) is 8.97. The lowest BCUT2D eigenvalue weighted by molar-refractivity contribution is -0.121. The van der Waals surface area contributed by atoms with Crippen molar-refractivity contribution in [3.63, 3.8) is 0 Å². The molecule has 2 aromatic rings. The third-order valence-electron chi connectivity index (χ3n) is 6.08. The fourth-order valence-electron chi connectivity index (χ4n) is 4.03. The Kier molecular flexibility index (Phi) is 7.43. The lowest BCUT2D eigenvalue weighted by Gasteiger charge is -2.32. The van der Waals surface area contributed by atoms with E-state index in [4.69, 9.17) is 10.5 Å². The molecule has 0 spiro atoms. The molecule has 1 amide bonds. The number of ether oxygens (including phenoxy) is 1. The number of anilines is 1. The summed E-state index contributed by atoms with van der Waals surface area (Å²) in [5.41, 5.74) is 7.57. The number of amidine groups is 1. The van der Waals surface area contributed by atoms with Gasteiger partial charge >= 0.3 is 0 Å². The predicted octanol–water partition coefficient (Wildman–Crippen LogP) is 4.20. The summed E-state index contributed by atoms with van der Waals surface area (Å²) < 4.78 is 6.07. The summed E-state index contributed by atoms with van der Waals surface area (Å²) in [4.78, 5) is 32.2. The first-order valence-electron chi connectivity index (χ1n) is 11.3. The highest BCUT2D eigenvalue weighted by molar-refractivity contribution is 5.95. The highest BCUT2D eigenvalue weighted by atomic mass is 16.5.